The molecule has 16 heavy (non-hydrogen) atoms. The summed E-state index contributed by atoms with van der Waals surface area (Å²) >= 11 is 0. The SMILES string of the molecule is CC(C)c1cccc2c1OC(C(C)C)CO2. The van der Waals surface area contributed by atoms with Gasteiger partial charge in [-0.3, -0.25) is 0 Å². The van der Waals surface area contributed by atoms with E-state index in [0.717, 1.165) is 11.5 Å². The Morgan fingerprint density at radius 2 is 1.94 bits per heavy atom. The van der Waals surface area contributed by atoms with E-state index in [2.05, 4.69) is 33.8 Å². The van der Waals surface area contributed by atoms with E-state index < -0.39 is 0 Å². The molecule has 2 nitrogen and oxygen atoms in total. The van der Waals surface area contributed by atoms with E-state index in [4.69, 9.17) is 9.47 Å². The van der Waals surface area contributed by atoms with E-state index in [1.807, 2.05) is 12.1 Å². The van der Waals surface area contributed by atoms with Crippen molar-refractivity contribution in [3.05, 3.63) is 23.8 Å². The first-order valence-corrected chi connectivity index (χ1v) is 6.02. The van der Waals surface area contributed by atoms with Crippen LogP contribution in [-0.4, -0.2) is 12.7 Å². The summed E-state index contributed by atoms with van der Waals surface area (Å²) < 4.78 is 11.8. The van der Waals surface area contributed by atoms with Gasteiger partial charge in [-0.05, 0) is 17.9 Å². The van der Waals surface area contributed by atoms with Crippen LogP contribution in [0.1, 0.15) is 39.2 Å². The van der Waals surface area contributed by atoms with Gasteiger partial charge in [0.05, 0.1) is 0 Å². The minimum Gasteiger partial charge on any atom is -0.486 e. The molecular weight excluding hydrogens is 200 g/mol. The predicted molar refractivity (Wildman–Crippen MR) is 65.3 cm³/mol. The van der Waals surface area contributed by atoms with E-state index in [1.165, 1.54) is 5.56 Å². The van der Waals surface area contributed by atoms with Gasteiger partial charge in [-0.25, -0.2) is 0 Å². The van der Waals surface area contributed by atoms with Crippen molar-refractivity contribution >= 4 is 0 Å². The van der Waals surface area contributed by atoms with Crippen molar-refractivity contribution < 1.29 is 9.47 Å². The summed E-state index contributed by atoms with van der Waals surface area (Å²) in [6.07, 6.45) is 0.174. The van der Waals surface area contributed by atoms with Crippen LogP contribution < -0.4 is 9.47 Å². The van der Waals surface area contributed by atoms with E-state index >= 15 is 0 Å². The van der Waals surface area contributed by atoms with Crippen molar-refractivity contribution in [3.8, 4) is 11.5 Å². The molecule has 1 aromatic carbocycles. The standard InChI is InChI=1S/C14H20O2/c1-9(2)11-6-5-7-12-14(11)16-13(8-15-12)10(3)4/h5-7,9-10,13H,8H2,1-4H3. The van der Waals surface area contributed by atoms with Gasteiger partial charge in [0, 0.05) is 5.56 Å². The number of fused-ring (bicyclic) bond motifs is 1. The Labute approximate surface area is 97.6 Å². The molecule has 1 aliphatic rings. The molecule has 0 aromatic heterocycles. The van der Waals surface area contributed by atoms with Gasteiger partial charge in [-0.1, -0.05) is 39.8 Å². The third-order valence-electron chi connectivity index (χ3n) is 3.05. The third kappa shape index (κ3) is 2.01. The molecule has 0 amide bonds. The average molecular weight is 220 g/mol. The van der Waals surface area contributed by atoms with Gasteiger partial charge >= 0.3 is 0 Å². The van der Waals surface area contributed by atoms with Crippen LogP contribution in [0.25, 0.3) is 0 Å². The maximum Gasteiger partial charge on any atom is 0.165 e. The third-order valence-corrected chi connectivity index (χ3v) is 3.05. The van der Waals surface area contributed by atoms with Crippen molar-refractivity contribution in [3.63, 3.8) is 0 Å². The first kappa shape index (κ1) is 11.3. The largest absolute Gasteiger partial charge is 0.486 e. The lowest BCUT2D eigenvalue weighted by Crippen LogP contribution is -2.34. The van der Waals surface area contributed by atoms with Gasteiger partial charge in [0.2, 0.25) is 0 Å². The lowest BCUT2D eigenvalue weighted by Gasteiger charge is -2.31. The molecule has 1 aliphatic heterocycles. The molecule has 1 heterocycles. The van der Waals surface area contributed by atoms with Gasteiger partial charge in [-0.2, -0.15) is 0 Å². The second-order valence-corrected chi connectivity index (χ2v) is 5.04. The number of para-hydroxylation sites is 1. The highest BCUT2D eigenvalue weighted by molar-refractivity contribution is 5.49. The number of benzene rings is 1. The van der Waals surface area contributed by atoms with Crippen LogP contribution >= 0.6 is 0 Å². The van der Waals surface area contributed by atoms with E-state index in [-0.39, 0.29) is 6.10 Å². The van der Waals surface area contributed by atoms with Crippen molar-refractivity contribution in [1.29, 1.82) is 0 Å². The van der Waals surface area contributed by atoms with E-state index in [1.54, 1.807) is 0 Å². The van der Waals surface area contributed by atoms with Crippen molar-refractivity contribution in [1.82, 2.24) is 0 Å². The minimum atomic E-state index is 0.174. The van der Waals surface area contributed by atoms with E-state index in [0.29, 0.717) is 18.4 Å². The monoisotopic (exact) mass is 220 g/mol. The summed E-state index contributed by atoms with van der Waals surface area (Å²) in [6, 6.07) is 6.14. The summed E-state index contributed by atoms with van der Waals surface area (Å²) in [6.45, 7) is 9.34. The summed E-state index contributed by atoms with van der Waals surface area (Å²) in [7, 11) is 0. The molecule has 1 atom stereocenters. The van der Waals surface area contributed by atoms with E-state index in [9.17, 15) is 0 Å². The summed E-state index contributed by atoms with van der Waals surface area (Å²) in [5.74, 6) is 2.78. The molecule has 2 heteroatoms. The maximum atomic E-state index is 6.06. The molecule has 1 aromatic rings. The number of ether oxygens (including phenoxy) is 2. The fourth-order valence-electron chi connectivity index (χ4n) is 1.91. The van der Waals surface area contributed by atoms with Crippen molar-refractivity contribution in [2.45, 2.75) is 39.7 Å². The zero-order valence-electron chi connectivity index (χ0n) is 10.5. The molecule has 0 saturated carbocycles. The van der Waals surface area contributed by atoms with Crippen LogP contribution in [0.4, 0.5) is 0 Å². The smallest absolute Gasteiger partial charge is 0.165 e. The molecule has 1 unspecified atom stereocenters. The van der Waals surface area contributed by atoms with Crippen LogP contribution in [-0.2, 0) is 0 Å². The number of hydrogen-bond acceptors (Lipinski definition) is 2. The maximum absolute atomic E-state index is 6.06. The summed E-state index contributed by atoms with van der Waals surface area (Å²) in [5.41, 5.74) is 1.24. The Balaban J connectivity index is 2.34. The lowest BCUT2D eigenvalue weighted by molar-refractivity contribution is 0.0577. The summed E-state index contributed by atoms with van der Waals surface area (Å²) in [5, 5.41) is 0. The first-order chi connectivity index (χ1) is 7.59. The topological polar surface area (TPSA) is 18.5 Å². The average Bonchev–Trinajstić information content (AvgIpc) is 2.27. The highest BCUT2D eigenvalue weighted by Crippen LogP contribution is 2.39. The lowest BCUT2D eigenvalue weighted by atomic mass is 10.00. The molecule has 88 valence electrons. The molecule has 0 saturated heterocycles. The second kappa shape index (κ2) is 4.36. The van der Waals surface area contributed by atoms with Gasteiger partial charge in [0.15, 0.2) is 11.5 Å². The molecule has 0 fully saturated rings. The summed E-state index contributed by atoms with van der Waals surface area (Å²) in [4.78, 5) is 0. The van der Waals surface area contributed by atoms with Crippen LogP contribution in [0.2, 0.25) is 0 Å². The van der Waals surface area contributed by atoms with Gasteiger partial charge in [-0.15, -0.1) is 0 Å². The molecule has 0 aliphatic carbocycles. The highest BCUT2D eigenvalue weighted by Gasteiger charge is 2.26. The molecule has 2 rings (SSSR count). The van der Waals surface area contributed by atoms with Gasteiger partial charge in [0.1, 0.15) is 12.7 Å². The normalized spacial score (nSPS) is 19.2. The Kier molecular flexibility index (Phi) is 3.08. The predicted octanol–water partition coefficient (Wildman–Crippen LogP) is 3.61. The Morgan fingerprint density at radius 1 is 1.19 bits per heavy atom. The Morgan fingerprint density at radius 3 is 2.56 bits per heavy atom. The fourth-order valence-corrected chi connectivity index (χ4v) is 1.91. The molecule has 0 spiro atoms. The fraction of sp³-hybridized carbons (Fsp3) is 0.571. The molecule has 0 N–H and O–H groups in total. The molecule has 0 radical (unpaired) electrons. The molecular formula is C14H20O2. The second-order valence-electron chi connectivity index (χ2n) is 5.04. The molecule has 0 bridgehead atoms. The van der Waals surface area contributed by atoms with Crippen LogP contribution in [0.3, 0.4) is 0 Å². The number of rotatable bonds is 2. The highest BCUT2D eigenvalue weighted by atomic mass is 16.6. The Bertz CT molecular complexity index is 369. The zero-order valence-corrected chi connectivity index (χ0v) is 10.5. The quantitative estimate of drug-likeness (QED) is 0.758. The van der Waals surface area contributed by atoms with Crippen molar-refractivity contribution in [2.24, 2.45) is 5.92 Å². The Hall–Kier alpha value is -1.18. The zero-order chi connectivity index (χ0) is 11.7. The van der Waals surface area contributed by atoms with Crippen LogP contribution in [0.15, 0.2) is 18.2 Å². The van der Waals surface area contributed by atoms with Crippen LogP contribution in [0, 0.1) is 5.92 Å². The number of hydrogen-bond donors (Lipinski definition) is 0. The van der Waals surface area contributed by atoms with Crippen LogP contribution in [0.5, 0.6) is 11.5 Å². The van der Waals surface area contributed by atoms with Gasteiger partial charge in [0.25, 0.3) is 0 Å². The van der Waals surface area contributed by atoms with Crippen molar-refractivity contribution in [2.75, 3.05) is 6.61 Å². The van der Waals surface area contributed by atoms with Gasteiger partial charge < -0.3 is 9.47 Å². The first-order valence-electron chi connectivity index (χ1n) is 6.02. The minimum absolute atomic E-state index is 0.174.